The average Bonchev–Trinajstić information content (AvgIpc) is 2.41. The molecule has 21 heavy (non-hydrogen) atoms. The van der Waals surface area contributed by atoms with E-state index in [1.54, 1.807) is 0 Å². The smallest absolute Gasteiger partial charge is 0.339 e. The number of carboxylic acids is 1. The lowest BCUT2D eigenvalue weighted by atomic mass is 10.2. The van der Waals surface area contributed by atoms with Gasteiger partial charge < -0.3 is 9.84 Å². The minimum absolute atomic E-state index is 0.135. The molecular weight excluding hydrogens is 316 g/mol. The van der Waals surface area contributed by atoms with Crippen molar-refractivity contribution in [2.45, 2.75) is 30.6 Å². The monoisotopic (exact) mass is 332 g/mol. The maximum Gasteiger partial charge on any atom is 0.339 e. The molecule has 0 aliphatic rings. The van der Waals surface area contributed by atoms with Gasteiger partial charge in [0, 0.05) is 10.7 Å². The summed E-state index contributed by atoms with van der Waals surface area (Å²) in [5.41, 5.74) is -0.220. The van der Waals surface area contributed by atoms with Crippen molar-refractivity contribution in [1.29, 1.82) is 0 Å². The number of hydrogen-bond acceptors (Lipinski definition) is 4. The van der Waals surface area contributed by atoms with E-state index in [2.05, 4.69) is 6.58 Å². The lowest BCUT2D eigenvalue weighted by Gasteiger charge is -2.10. The summed E-state index contributed by atoms with van der Waals surface area (Å²) in [5, 5.41) is 9.10. The van der Waals surface area contributed by atoms with Gasteiger partial charge in [-0.05, 0) is 43.9 Å². The molecule has 0 saturated carbocycles. The van der Waals surface area contributed by atoms with Crippen LogP contribution in [-0.2, 0) is 9.05 Å². The summed E-state index contributed by atoms with van der Waals surface area (Å²) in [6, 6.07) is 3.53. The molecule has 0 unspecified atom stereocenters. The molecule has 0 aliphatic heterocycles. The molecule has 5 nitrogen and oxygen atoms in total. The molecule has 1 aromatic carbocycles. The second kappa shape index (κ2) is 8.05. The first-order valence-corrected chi connectivity index (χ1v) is 8.73. The Kier molecular flexibility index (Phi) is 6.71. The zero-order chi connectivity index (χ0) is 15.9. The van der Waals surface area contributed by atoms with Gasteiger partial charge in [0.05, 0.1) is 11.5 Å². The lowest BCUT2D eigenvalue weighted by Crippen LogP contribution is -2.06. The lowest BCUT2D eigenvalue weighted by molar-refractivity contribution is 0.0692. The highest BCUT2D eigenvalue weighted by Crippen LogP contribution is 2.25. The summed E-state index contributed by atoms with van der Waals surface area (Å²) in [7, 11) is 1.23. The second-order valence-corrected chi connectivity index (χ2v) is 6.95. The summed E-state index contributed by atoms with van der Waals surface area (Å²) in [5.74, 6) is -1.13. The number of allylic oxidation sites excluding steroid dienone is 1. The van der Waals surface area contributed by atoms with E-state index in [9.17, 15) is 13.2 Å². The molecule has 0 radical (unpaired) electrons. The van der Waals surface area contributed by atoms with E-state index in [1.165, 1.54) is 12.1 Å². The van der Waals surface area contributed by atoms with E-state index < -0.39 is 15.0 Å². The highest BCUT2D eigenvalue weighted by Gasteiger charge is 2.17. The van der Waals surface area contributed by atoms with E-state index >= 15 is 0 Å². The molecule has 1 aromatic rings. The number of benzene rings is 1. The Balaban J connectivity index is 2.74. The van der Waals surface area contributed by atoms with Gasteiger partial charge in [0.2, 0.25) is 0 Å². The highest BCUT2D eigenvalue weighted by atomic mass is 35.7. The predicted octanol–water partition coefficient (Wildman–Crippen LogP) is 3.44. The molecule has 0 fully saturated rings. The molecule has 0 spiro atoms. The van der Waals surface area contributed by atoms with Gasteiger partial charge in [-0.2, -0.15) is 0 Å². The van der Waals surface area contributed by atoms with Crippen LogP contribution in [0.3, 0.4) is 0 Å². The summed E-state index contributed by atoms with van der Waals surface area (Å²) in [6.45, 7) is 3.99. The fourth-order valence-electron chi connectivity index (χ4n) is 1.70. The normalized spacial score (nSPS) is 11.1. The Morgan fingerprint density at radius 2 is 2.05 bits per heavy atom. The van der Waals surface area contributed by atoms with Crippen molar-refractivity contribution in [2.75, 3.05) is 6.61 Å². The molecule has 0 amide bonds. The first-order valence-electron chi connectivity index (χ1n) is 6.42. The Bertz CT molecular complexity index is 610. The average molecular weight is 333 g/mol. The number of unbranched alkanes of at least 4 members (excludes halogenated alkanes) is 3. The van der Waals surface area contributed by atoms with Crippen LogP contribution in [0.15, 0.2) is 35.7 Å². The Labute approximate surface area is 128 Å². The van der Waals surface area contributed by atoms with Crippen LogP contribution in [-0.4, -0.2) is 26.1 Å². The highest BCUT2D eigenvalue weighted by molar-refractivity contribution is 8.13. The van der Waals surface area contributed by atoms with Gasteiger partial charge in [-0.15, -0.1) is 6.58 Å². The molecule has 1 rings (SSSR count). The van der Waals surface area contributed by atoms with Gasteiger partial charge in [0.25, 0.3) is 9.05 Å². The fraction of sp³-hybridized carbons (Fsp3) is 0.357. The van der Waals surface area contributed by atoms with Gasteiger partial charge in [-0.1, -0.05) is 6.08 Å². The summed E-state index contributed by atoms with van der Waals surface area (Å²) < 4.78 is 27.8. The van der Waals surface area contributed by atoms with E-state index in [4.69, 9.17) is 20.5 Å². The van der Waals surface area contributed by atoms with Gasteiger partial charge in [-0.3, -0.25) is 0 Å². The van der Waals surface area contributed by atoms with Crippen LogP contribution in [0.5, 0.6) is 5.75 Å². The molecule has 0 aromatic heterocycles. The van der Waals surface area contributed by atoms with Crippen molar-refractivity contribution in [3.05, 3.63) is 36.4 Å². The topological polar surface area (TPSA) is 80.7 Å². The third kappa shape index (κ3) is 5.77. The molecule has 1 N–H and O–H groups in total. The van der Waals surface area contributed by atoms with Crippen LogP contribution >= 0.6 is 10.7 Å². The van der Waals surface area contributed by atoms with E-state index in [-0.39, 0.29) is 16.2 Å². The largest absolute Gasteiger partial charge is 0.493 e. The van der Waals surface area contributed by atoms with Crippen LogP contribution in [0, 0.1) is 0 Å². The van der Waals surface area contributed by atoms with Crippen molar-refractivity contribution >= 4 is 25.7 Å². The van der Waals surface area contributed by atoms with Crippen molar-refractivity contribution in [3.63, 3.8) is 0 Å². The Hall–Kier alpha value is -1.53. The molecular formula is C14H17ClO5S. The SMILES string of the molecule is C=CCCCCCOc1ccc(S(=O)(=O)Cl)cc1C(=O)O. The second-order valence-electron chi connectivity index (χ2n) is 4.39. The third-order valence-electron chi connectivity index (χ3n) is 2.77. The molecule has 0 aliphatic carbocycles. The number of carbonyl (C=O) groups is 1. The number of carboxylic acid groups (broad SMARTS) is 1. The number of aromatic carboxylic acids is 1. The van der Waals surface area contributed by atoms with E-state index in [0.717, 1.165) is 31.7 Å². The minimum Gasteiger partial charge on any atom is -0.493 e. The van der Waals surface area contributed by atoms with Gasteiger partial charge >= 0.3 is 5.97 Å². The molecule has 7 heteroatoms. The van der Waals surface area contributed by atoms with Crippen molar-refractivity contribution in [1.82, 2.24) is 0 Å². The number of rotatable bonds is 9. The zero-order valence-corrected chi connectivity index (χ0v) is 13.0. The number of hydrogen-bond donors (Lipinski definition) is 1. The maximum atomic E-state index is 11.2. The van der Waals surface area contributed by atoms with Gasteiger partial charge in [0.15, 0.2) is 0 Å². The molecule has 0 heterocycles. The Morgan fingerprint density at radius 3 is 2.62 bits per heavy atom. The number of halogens is 1. The standard InChI is InChI=1S/C14H17ClO5S/c1-2-3-4-5-6-9-20-13-8-7-11(21(15,18)19)10-12(13)14(16)17/h2,7-8,10H,1,3-6,9H2,(H,16,17). The number of ether oxygens (including phenoxy) is 1. The minimum atomic E-state index is -3.97. The maximum absolute atomic E-state index is 11.2. The fourth-order valence-corrected chi connectivity index (χ4v) is 2.48. The third-order valence-corrected chi connectivity index (χ3v) is 4.12. The van der Waals surface area contributed by atoms with Crippen LogP contribution in [0.2, 0.25) is 0 Å². The molecule has 116 valence electrons. The van der Waals surface area contributed by atoms with Crippen LogP contribution in [0.25, 0.3) is 0 Å². The van der Waals surface area contributed by atoms with Crippen LogP contribution in [0.1, 0.15) is 36.0 Å². The molecule has 0 bridgehead atoms. The first-order chi connectivity index (χ1) is 9.86. The van der Waals surface area contributed by atoms with E-state index in [0.29, 0.717) is 6.61 Å². The predicted molar refractivity (Wildman–Crippen MR) is 80.6 cm³/mol. The summed E-state index contributed by atoms with van der Waals surface area (Å²) in [4.78, 5) is 10.9. The quantitative estimate of drug-likeness (QED) is 0.425. The van der Waals surface area contributed by atoms with Gasteiger partial charge in [-0.25, -0.2) is 13.2 Å². The van der Waals surface area contributed by atoms with Crippen molar-refractivity contribution in [2.24, 2.45) is 0 Å². The zero-order valence-electron chi connectivity index (χ0n) is 11.4. The van der Waals surface area contributed by atoms with E-state index in [1.807, 2.05) is 6.08 Å². The molecule has 0 atom stereocenters. The first kappa shape index (κ1) is 17.5. The summed E-state index contributed by atoms with van der Waals surface area (Å²) in [6.07, 6.45) is 5.50. The van der Waals surface area contributed by atoms with Gasteiger partial charge in [0.1, 0.15) is 11.3 Å². The summed E-state index contributed by atoms with van der Waals surface area (Å²) >= 11 is 0. The Morgan fingerprint density at radius 1 is 1.33 bits per heavy atom. The van der Waals surface area contributed by atoms with Crippen LogP contribution in [0.4, 0.5) is 0 Å². The van der Waals surface area contributed by atoms with Crippen molar-refractivity contribution < 1.29 is 23.1 Å². The molecule has 0 saturated heterocycles. The van der Waals surface area contributed by atoms with Crippen molar-refractivity contribution in [3.8, 4) is 5.75 Å². The van der Waals surface area contributed by atoms with Crippen LogP contribution < -0.4 is 4.74 Å².